The van der Waals surface area contributed by atoms with E-state index in [0.717, 1.165) is 22.6 Å². The summed E-state index contributed by atoms with van der Waals surface area (Å²) in [4.78, 5) is 51.9. The van der Waals surface area contributed by atoms with Crippen LogP contribution < -0.4 is 4.90 Å². The Hall–Kier alpha value is -4.40. The summed E-state index contributed by atoms with van der Waals surface area (Å²) >= 11 is 0. The first-order valence-electron chi connectivity index (χ1n) is 10.1. The Morgan fingerprint density at radius 2 is 1.64 bits per heavy atom. The number of hydrogen-bond donors (Lipinski definition) is 0. The number of benzene rings is 3. The number of carbonyl (C=O) groups excluding carboxylic acids is 3. The van der Waals surface area contributed by atoms with Crippen LogP contribution in [0.25, 0.3) is 0 Å². The van der Waals surface area contributed by atoms with Crippen molar-refractivity contribution >= 4 is 29.1 Å². The number of anilines is 1. The van der Waals surface area contributed by atoms with E-state index in [1.54, 1.807) is 24.3 Å². The average molecular weight is 447 g/mol. The molecule has 166 valence electrons. The van der Waals surface area contributed by atoms with Gasteiger partial charge >= 0.3 is 0 Å². The van der Waals surface area contributed by atoms with Gasteiger partial charge in [0, 0.05) is 24.2 Å². The van der Waals surface area contributed by atoms with Crippen LogP contribution in [0.4, 0.5) is 15.8 Å². The second-order valence-electron chi connectivity index (χ2n) is 7.49. The molecule has 1 saturated heterocycles. The molecule has 0 aliphatic carbocycles. The molecule has 1 aliphatic rings. The molecule has 1 atom stereocenters. The maximum absolute atomic E-state index is 13.4. The van der Waals surface area contributed by atoms with Gasteiger partial charge < -0.3 is 4.90 Å². The quantitative estimate of drug-likeness (QED) is 0.326. The number of amides is 3. The van der Waals surface area contributed by atoms with Gasteiger partial charge in [-0.1, -0.05) is 30.3 Å². The van der Waals surface area contributed by atoms with Crippen molar-refractivity contribution in [1.82, 2.24) is 4.90 Å². The van der Waals surface area contributed by atoms with Crippen molar-refractivity contribution in [2.75, 3.05) is 4.90 Å². The topological polar surface area (TPSA) is 101 Å². The molecular weight excluding hydrogens is 429 g/mol. The molecule has 8 nitrogen and oxygen atoms in total. The third-order valence-corrected chi connectivity index (χ3v) is 5.37. The molecule has 33 heavy (non-hydrogen) atoms. The van der Waals surface area contributed by atoms with Gasteiger partial charge in [0.05, 0.1) is 17.0 Å². The molecule has 1 unspecified atom stereocenters. The van der Waals surface area contributed by atoms with Crippen LogP contribution in [0, 0.1) is 15.9 Å². The molecular formula is C24H18FN3O5. The van der Waals surface area contributed by atoms with Gasteiger partial charge in [-0.25, -0.2) is 9.29 Å². The van der Waals surface area contributed by atoms with E-state index in [1.807, 2.05) is 6.07 Å². The van der Waals surface area contributed by atoms with Crippen molar-refractivity contribution in [2.45, 2.75) is 19.0 Å². The first-order chi connectivity index (χ1) is 15.8. The molecule has 0 N–H and O–H groups in total. The number of nitro groups is 1. The van der Waals surface area contributed by atoms with Gasteiger partial charge in [-0.15, -0.1) is 0 Å². The van der Waals surface area contributed by atoms with Gasteiger partial charge in [0.25, 0.3) is 17.5 Å². The third-order valence-electron chi connectivity index (χ3n) is 5.37. The summed E-state index contributed by atoms with van der Waals surface area (Å²) in [5.41, 5.74) is 0.942. The second kappa shape index (κ2) is 8.99. The van der Waals surface area contributed by atoms with Crippen LogP contribution in [0.2, 0.25) is 0 Å². The fourth-order valence-electron chi connectivity index (χ4n) is 3.72. The lowest BCUT2D eigenvalue weighted by Crippen LogP contribution is -2.45. The van der Waals surface area contributed by atoms with Gasteiger partial charge in [-0.05, 0) is 42.0 Å². The van der Waals surface area contributed by atoms with Crippen LogP contribution in [0.3, 0.4) is 0 Å². The number of carbonyl (C=O) groups is 3. The highest BCUT2D eigenvalue weighted by Crippen LogP contribution is 2.28. The highest BCUT2D eigenvalue weighted by atomic mass is 19.1. The van der Waals surface area contributed by atoms with E-state index in [2.05, 4.69) is 0 Å². The number of hydrogen-bond acceptors (Lipinski definition) is 5. The van der Waals surface area contributed by atoms with Crippen LogP contribution in [0.5, 0.6) is 0 Å². The molecule has 3 aromatic carbocycles. The number of nitrogens with zero attached hydrogens (tertiary/aromatic N) is 3. The molecule has 3 amide bonds. The smallest absolute Gasteiger partial charge is 0.269 e. The lowest BCUT2D eigenvalue weighted by Gasteiger charge is -2.28. The summed E-state index contributed by atoms with van der Waals surface area (Å²) in [5, 5.41) is 10.9. The zero-order valence-electron chi connectivity index (χ0n) is 17.3. The Balaban J connectivity index is 1.67. The Morgan fingerprint density at radius 1 is 1.00 bits per heavy atom. The zero-order valence-corrected chi connectivity index (χ0v) is 17.3. The van der Waals surface area contributed by atoms with Gasteiger partial charge in [0.15, 0.2) is 0 Å². The maximum atomic E-state index is 13.4. The molecule has 0 spiro atoms. The van der Waals surface area contributed by atoms with E-state index < -0.39 is 34.5 Å². The van der Waals surface area contributed by atoms with Crippen LogP contribution in [-0.2, 0) is 16.1 Å². The van der Waals surface area contributed by atoms with Gasteiger partial charge in [0.1, 0.15) is 11.9 Å². The van der Waals surface area contributed by atoms with Crippen LogP contribution in [0.15, 0.2) is 78.9 Å². The van der Waals surface area contributed by atoms with Crippen molar-refractivity contribution in [3.8, 4) is 0 Å². The second-order valence-corrected chi connectivity index (χ2v) is 7.49. The minimum absolute atomic E-state index is 0.0532. The standard InChI is InChI=1S/C24H18FN3O5/c25-18-8-12-19(13-9-18)27-22(29)14-21(24(27)31)26(15-16-4-2-1-3-5-16)23(30)17-6-10-20(11-7-17)28(32)33/h1-13,21H,14-15H2. The first-order valence-corrected chi connectivity index (χ1v) is 10.1. The molecule has 0 saturated carbocycles. The third kappa shape index (κ3) is 4.47. The van der Waals surface area contributed by atoms with E-state index in [9.17, 15) is 28.9 Å². The monoisotopic (exact) mass is 447 g/mol. The molecule has 4 rings (SSSR count). The Morgan fingerprint density at radius 3 is 2.24 bits per heavy atom. The molecule has 3 aromatic rings. The summed E-state index contributed by atoms with van der Waals surface area (Å²) in [6.07, 6.45) is -0.234. The maximum Gasteiger partial charge on any atom is 0.269 e. The molecule has 0 bridgehead atoms. The van der Waals surface area contributed by atoms with E-state index in [4.69, 9.17) is 0 Å². The lowest BCUT2D eigenvalue weighted by molar-refractivity contribution is -0.384. The summed E-state index contributed by atoms with van der Waals surface area (Å²) in [5.74, 6) is -2.15. The van der Waals surface area contributed by atoms with Gasteiger partial charge in [-0.3, -0.25) is 24.5 Å². The van der Waals surface area contributed by atoms with Gasteiger partial charge in [0.2, 0.25) is 5.91 Å². The highest BCUT2D eigenvalue weighted by molar-refractivity contribution is 6.23. The highest BCUT2D eigenvalue weighted by Gasteiger charge is 2.44. The molecule has 0 radical (unpaired) electrons. The van der Waals surface area contributed by atoms with E-state index >= 15 is 0 Å². The van der Waals surface area contributed by atoms with E-state index in [1.165, 1.54) is 41.3 Å². The fraction of sp³-hybridized carbons (Fsp3) is 0.125. The minimum Gasteiger partial charge on any atom is -0.322 e. The number of imide groups is 1. The number of nitro benzene ring substituents is 1. The Bertz CT molecular complexity index is 1210. The van der Waals surface area contributed by atoms with E-state index in [0.29, 0.717) is 0 Å². The number of non-ortho nitro benzene ring substituents is 1. The first kappa shape index (κ1) is 21.8. The van der Waals surface area contributed by atoms with Crippen LogP contribution in [-0.4, -0.2) is 33.6 Å². The number of halogens is 1. The average Bonchev–Trinajstić information content (AvgIpc) is 3.12. The summed E-state index contributed by atoms with van der Waals surface area (Å²) in [6.45, 7) is 0.0532. The lowest BCUT2D eigenvalue weighted by atomic mass is 10.1. The predicted octanol–water partition coefficient (Wildman–Crippen LogP) is 3.71. The Labute approximate surface area is 188 Å². The van der Waals surface area contributed by atoms with Crippen molar-refractivity contribution in [3.05, 3.63) is 106 Å². The molecule has 1 aliphatic heterocycles. The number of rotatable bonds is 6. The summed E-state index contributed by atoms with van der Waals surface area (Å²) < 4.78 is 13.3. The summed E-state index contributed by atoms with van der Waals surface area (Å²) in [7, 11) is 0. The fourth-order valence-corrected chi connectivity index (χ4v) is 3.72. The molecule has 9 heteroatoms. The van der Waals surface area contributed by atoms with Crippen molar-refractivity contribution in [2.24, 2.45) is 0 Å². The van der Waals surface area contributed by atoms with E-state index in [-0.39, 0.29) is 29.9 Å². The van der Waals surface area contributed by atoms with Crippen molar-refractivity contribution in [3.63, 3.8) is 0 Å². The zero-order chi connectivity index (χ0) is 23.5. The molecule has 0 aromatic heterocycles. The Kier molecular flexibility index (Phi) is 5.95. The summed E-state index contributed by atoms with van der Waals surface area (Å²) in [6, 6.07) is 17.9. The largest absolute Gasteiger partial charge is 0.322 e. The predicted molar refractivity (Wildman–Crippen MR) is 117 cm³/mol. The SMILES string of the molecule is O=C1CC(N(Cc2ccccc2)C(=O)c2ccc([N+](=O)[O-])cc2)C(=O)N1c1ccc(F)cc1. The van der Waals surface area contributed by atoms with Crippen molar-refractivity contribution in [1.29, 1.82) is 0 Å². The molecule has 1 heterocycles. The molecule has 1 fully saturated rings. The van der Waals surface area contributed by atoms with Crippen LogP contribution in [0.1, 0.15) is 22.3 Å². The minimum atomic E-state index is -1.08. The van der Waals surface area contributed by atoms with Gasteiger partial charge in [-0.2, -0.15) is 0 Å². The van der Waals surface area contributed by atoms with Crippen LogP contribution >= 0.6 is 0 Å². The normalized spacial score (nSPS) is 15.5. The van der Waals surface area contributed by atoms with Crippen molar-refractivity contribution < 1.29 is 23.7 Å².